The molecule has 0 fully saturated rings. The first-order valence-electron chi connectivity index (χ1n) is 5.32. The van der Waals surface area contributed by atoms with Crippen LogP contribution in [-0.2, 0) is 11.2 Å². The number of benzene rings is 1. The van der Waals surface area contributed by atoms with Crippen molar-refractivity contribution >= 4 is 12.1 Å². The van der Waals surface area contributed by atoms with Gasteiger partial charge >= 0.3 is 0 Å². The largest absolute Gasteiger partial charge is 0.497 e. The molecule has 1 rings (SSSR count). The molecule has 0 bridgehead atoms. The standard InChI is InChI=1S/C13H16N2O2/c1-3-4-9-14-15-13(16)10-11-5-7-12(17-2)8-6-11/h3-9H,10H2,1-2H3,(H,15,16)/b4-3+,14-9+. The summed E-state index contributed by atoms with van der Waals surface area (Å²) in [5, 5.41) is 3.75. The fraction of sp³-hybridized carbons (Fsp3) is 0.231. The fourth-order valence-electron chi connectivity index (χ4n) is 1.21. The lowest BCUT2D eigenvalue weighted by Crippen LogP contribution is -2.19. The Kier molecular flexibility index (Phi) is 5.51. The maximum atomic E-state index is 11.4. The predicted octanol–water partition coefficient (Wildman–Crippen LogP) is 1.92. The number of carbonyl (C=O) groups is 1. The van der Waals surface area contributed by atoms with Gasteiger partial charge in [0.05, 0.1) is 13.5 Å². The molecule has 0 radical (unpaired) electrons. The minimum absolute atomic E-state index is 0.143. The van der Waals surface area contributed by atoms with E-state index in [1.807, 2.05) is 37.3 Å². The van der Waals surface area contributed by atoms with Crippen LogP contribution in [0.3, 0.4) is 0 Å². The molecule has 0 spiro atoms. The van der Waals surface area contributed by atoms with Gasteiger partial charge in [0.15, 0.2) is 0 Å². The van der Waals surface area contributed by atoms with Crippen LogP contribution in [0.25, 0.3) is 0 Å². The van der Waals surface area contributed by atoms with Crippen molar-refractivity contribution in [3.8, 4) is 5.75 Å². The number of rotatable bonds is 5. The zero-order chi connectivity index (χ0) is 12.5. The van der Waals surface area contributed by atoms with E-state index in [0.717, 1.165) is 11.3 Å². The van der Waals surface area contributed by atoms with E-state index >= 15 is 0 Å². The molecule has 0 aliphatic heterocycles. The monoisotopic (exact) mass is 232 g/mol. The molecule has 90 valence electrons. The summed E-state index contributed by atoms with van der Waals surface area (Å²) in [5.41, 5.74) is 3.36. The van der Waals surface area contributed by atoms with Gasteiger partial charge in [0, 0.05) is 6.21 Å². The number of nitrogens with one attached hydrogen (secondary N) is 1. The van der Waals surface area contributed by atoms with E-state index in [4.69, 9.17) is 4.74 Å². The molecule has 0 saturated carbocycles. The van der Waals surface area contributed by atoms with Gasteiger partial charge in [-0.2, -0.15) is 5.10 Å². The van der Waals surface area contributed by atoms with Crippen molar-refractivity contribution < 1.29 is 9.53 Å². The maximum absolute atomic E-state index is 11.4. The highest BCUT2D eigenvalue weighted by Crippen LogP contribution is 2.11. The molecule has 1 aromatic carbocycles. The molecule has 0 unspecified atom stereocenters. The Morgan fingerprint density at radius 1 is 1.41 bits per heavy atom. The summed E-state index contributed by atoms with van der Waals surface area (Å²) < 4.78 is 5.03. The lowest BCUT2D eigenvalue weighted by Gasteiger charge is -2.02. The lowest BCUT2D eigenvalue weighted by molar-refractivity contribution is -0.120. The van der Waals surface area contributed by atoms with E-state index < -0.39 is 0 Å². The number of nitrogens with zero attached hydrogens (tertiary/aromatic N) is 1. The van der Waals surface area contributed by atoms with Crippen LogP contribution in [0.15, 0.2) is 41.5 Å². The summed E-state index contributed by atoms with van der Waals surface area (Å²) in [7, 11) is 1.61. The van der Waals surface area contributed by atoms with E-state index in [1.54, 1.807) is 13.2 Å². The summed E-state index contributed by atoms with van der Waals surface area (Å²) in [6.45, 7) is 1.88. The van der Waals surface area contributed by atoms with Crippen molar-refractivity contribution in [1.29, 1.82) is 0 Å². The van der Waals surface area contributed by atoms with Gasteiger partial charge in [0.1, 0.15) is 5.75 Å². The highest BCUT2D eigenvalue weighted by molar-refractivity contribution is 5.80. The lowest BCUT2D eigenvalue weighted by atomic mass is 10.1. The highest BCUT2D eigenvalue weighted by atomic mass is 16.5. The van der Waals surface area contributed by atoms with Crippen LogP contribution in [0.1, 0.15) is 12.5 Å². The molecule has 0 saturated heterocycles. The summed E-state index contributed by atoms with van der Waals surface area (Å²) in [6.07, 6.45) is 5.41. The molecule has 0 atom stereocenters. The van der Waals surface area contributed by atoms with E-state index in [9.17, 15) is 4.79 Å². The maximum Gasteiger partial charge on any atom is 0.244 e. The fourth-order valence-corrected chi connectivity index (χ4v) is 1.21. The topological polar surface area (TPSA) is 50.7 Å². The Hall–Kier alpha value is -2.10. The van der Waals surface area contributed by atoms with Crippen molar-refractivity contribution in [3.63, 3.8) is 0 Å². The number of hydrogen-bond acceptors (Lipinski definition) is 3. The summed E-state index contributed by atoms with van der Waals surface area (Å²) in [4.78, 5) is 11.4. The second kappa shape index (κ2) is 7.22. The van der Waals surface area contributed by atoms with Crippen LogP contribution in [0.4, 0.5) is 0 Å². The van der Waals surface area contributed by atoms with Crippen LogP contribution in [0, 0.1) is 0 Å². The minimum atomic E-state index is -0.143. The van der Waals surface area contributed by atoms with Gasteiger partial charge in [-0.05, 0) is 30.7 Å². The van der Waals surface area contributed by atoms with Gasteiger partial charge in [0.2, 0.25) is 5.91 Å². The van der Waals surface area contributed by atoms with Crippen molar-refractivity contribution in [2.45, 2.75) is 13.3 Å². The minimum Gasteiger partial charge on any atom is -0.497 e. The number of allylic oxidation sites excluding steroid dienone is 2. The molecular weight excluding hydrogens is 216 g/mol. The Morgan fingerprint density at radius 3 is 2.71 bits per heavy atom. The van der Waals surface area contributed by atoms with Gasteiger partial charge < -0.3 is 4.74 Å². The third-order valence-corrected chi connectivity index (χ3v) is 2.07. The molecule has 17 heavy (non-hydrogen) atoms. The average Bonchev–Trinajstić information content (AvgIpc) is 2.36. The van der Waals surface area contributed by atoms with Crippen LogP contribution in [0.2, 0.25) is 0 Å². The van der Waals surface area contributed by atoms with Crippen LogP contribution >= 0.6 is 0 Å². The van der Waals surface area contributed by atoms with E-state index in [2.05, 4.69) is 10.5 Å². The molecule has 0 aromatic heterocycles. The Morgan fingerprint density at radius 2 is 2.12 bits per heavy atom. The molecule has 1 aromatic rings. The number of hydrazone groups is 1. The van der Waals surface area contributed by atoms with Gasteiger partial charge in [-0.15, -0.1) is 0 Å². The molecule has 0 heterocycles. The Balaban J connectivity index is 2.44. The van der Waals surface area contributed by atoms with Crippen LogP contribution in [0.5, 0.6) is 5.75 Å². The van der Waals surface area contributed by atoms with Gasteiger partial charge in [-0.25, -0.2) is 5.43 Å². The third kappa shape index (κ3) is 4.97. The summed E-state index contributed by atoms with van der Waals surface area (Å²) >= 11 is 0. The molecular formula is C13H16N2O2. The smallest absolute Gasteiger partial charge is 0.244 e. The van der Waals surface area contributed by atoms with Gasteiger partial charge in [0.25, 0.3) is 0 Å². The van der Waals surface area contributed by atoms with Crippen LogP contribution < -0.4 is 10.2 Å². The third-order valence-electron chi connectivity index (χ3n) is 2.07. The van der Waals surface area contributed by atoms with Crippen molar-refractivity contribution in [1.82, 2.24) is 5.43 Å². The first kappa shape index (κ1) is 13.0. The summed E-state index contributed by atoms with van der Waals surface area (Å²) in [5.74, 6) is 0.635. The van der Waals surface area contributed by atoms with E-state index in [-0.39, 0.29) is 5.91 Å². The Labute approximate surface area is 101 Å². The molecule has 1 amide bonds. The Bertz CT molecular complexity index is 408. The number of hydrogen-bond donors (Lipinski definition) is 1. The molecule has 4 heteroatoms. The average molecular weight is 232 g/mol. The first-order chi connectivity index (χ1) is 8.26. The number of ether oxygens (including phenoxy) is 1. The van der Waals surface area contributed by atoms with Crippen molar-refractivity contribution in [2.75, 3.05) is 7.11 Å². The van der Waals surface area contributed by atoms with E-state index in [0.29, 0.717) is 6.42 Å². The molecule has 4 nitrogen and oxygen atoms in total. The SMILES string of the molecule is C/C=C/C=N/NC(=O)Cc1ccc(OC)cc1. The second-order valence-electron chi connectivity index (χ2n) is 3.36. The number of amides is 1. The molecule has 0 aliphatic carbocycles. The summed E-state index contributed by atoms with van der Waals surface area (Å²) in [6, 6.07) is 7.36. The first-order valence-corrected chi connectivity index (χ1v) is 5.32. The number of carbonyl (C=O) groups excluding carboxylic acids is 1. The van der Waals surface area contributed by atoms with E-state index in [1.165, 1.54) is 6.21 Å². The predicted molar refractivity (Wildman–Crippen MR) is 68.1 cm³/mol. The van der Waals surface area contributed by atoms with Crippen molar-refractivity contribution in [2.24, 2.45) is 5.10 Å². The van der Waals surface area contributed by atoms with Crippen molar-refractivity contribution in [3.05, 3.63) is 42.0 Å². The molecule has 0 aliphatic rings. The van der Waals surface area contributed by atoms with Gasteiger partial charge in [-0.1, -0.05) is 18.2 Å². The molecule has 1 N–H and O–H groups in total. The quantitative estimate of drug-likeness (QED) is 0.623. The second-order valence-corrected chi connectivity index (χ2v) is 3.36. The zero-order valence-electron chi connectivity index (χ0n) is 10.0. The van der Waals surface area contributed by atoms with Crippen LogP contribution in [-0.4, -0.2) is 19.2 Å². The number of methoxy groups -OCH3 is 1. The zero-order valence-corrected chi connectivity index (χ0v) is 10.0. The van der Waals surface area contributed by atoms with Gasteiger partial charge in [-0.3, -0.25) is 4.79 Å². The normalized spacial score (nSPS) is 10.9. The highest BCUT2D eigenvalue weighted by Gasteiger charge is 2.01.